The lowest BCUT2D eigenvalue weighted by atomic mass is 10.1. The maximum Gasteiger partial charge on any atom is 0.166 e. The van der Waals surface area contributed by atoms with Gasteiger partial charge < -0.3 is 19.9 Å². The molecule has 4 nitrogen and oxygen atoms in total. The van der Waals surface area contributed by atoms with Gasteiger partial charge in [0.15, 0.2) is 11.5 Å². The Morgan fingerprint density at radius 2 is 2.04 bits per heavy atom. The molecule has 0 aromatic heterocycles. The van der Waals surface area contributed by atoms with Gasteiger partial charge in [0.05, 0.1) is 18.2 Å². The van der Waals surface area contributed by atoms with Crippen LogP contribution in [0.5, 0.6) is 11.5 Å². The van der Waals surface area contributed by atoms with E-state index in [1.54, 1.807) is 26.2 Å². The molecule has 0 spiro atoms. The van der Waals surface area contributed by atoms with Crippen LogP contribution in [0.1, 0.15) is 18.1 Å². The molecule has 0 aliphatic rings. The number of rotatable bonds is 8. The van der Waals surface area contributed by atoms with E-state index in [1.807, 2.05) is 12.1 Å². The van der Waals surface area contributed by atoms with E-state index >= 15 is 0 Å². The molecular weight excluding hydrogens is 333 g/mol. The van der Waals surface area contributed by atoms with Gasteiger partial charge in [-0.05, 0) is 25.1 Å². The zero-order valence-corrected chi connectivity index (χ0v) is 14.4. The molecule has 0 saturated heterocycles. The summed E-state index contributed by atoms with van der Waals surface area (Å²) in [5.74, 6) is 0.812. The second-order valence-corrected chi connectivity index (χ2v) is 5.86. The lowest BCUT2D eigenvalue weighted by Gasteiger charge is -2.16. The van der Waals surface area contributed by atoms with Crippen molar-refractivity contribution in [3.8, 4) is 11.5 Å². The van der Waals surface area contributed by atoms with Crippen LogP contribution in [-0.2, 0) is 13.2 Å². The maximum atomic E-state index is 13.1. The molecule has 24 heavy (non-hydrogen) atoms. The molecule has 1 atom stereocenters. The number of methoxy groups -OCH3 is 1. The van der Waals surface area contributed by atoms with Gasteiger partial charge in [-0.2, -0.15) is 0 Å². The first-order valence-electron chi connectivity index (χ1n) is 7.62. The van der Waals surface area contributed by atoms with Crippen LogP contribution in [0.2, 0.25) is 5.02 Å². The van der Waals surface area contributed by atoms with Crippen LogP contribution < -0.4 is 14.8 Å². The van der Waals surface area contributed by atoms with Crippen molar-refractivity contribution < 1.29 is 19.0 Å². The van der Waals surface area contributed by atoms with Crippen molar-refractivity contribution in [2.24, 2.45) is 0 Å². The Morgan fingerprint density at radius 1 is 1.25 bits per heavy atom. The minimum atomic E-state index is -0.432. The average Bonchev–Trinajstić information content (AvgIpc) is 2.54. The van der Waals surface area contributed by atoms with Crippen LogP contribution in [0.25, 0.3) is 0 Å². The van der Waals surface area contributed by atoms with E-state index in [9.17, 15) is 9.50 Å². The summed E-state index contributed by atoms with van der Waals surface area (Å²) in [5.41, 5.74) is 1.58. The molecule has 0 radical (unpaired) electrons. The lowest BCUT2D eigenvalue weighted by molar-refractivity contribution is 0.190. The van der Waals surface area contributed by atoms with Gasteiger partial charge in [0, 0.05) is 24.2 Å². The van der Waals surface area contributed by atoms with Crippen molar-refractivity contribution in [3.63, 3.8) is 0 Å². The number of nitrogens with one attached hydrogen (secondary N) is 1. The summed E-state index contributed by atoms with van der Waals surface area (Å²) < 4.78 is 24.4. The number of aliphatic hydroxyl groups excluding tert-OH is 1. The number of ether oxygens (including phenoxy) is 2. The number of halogens is 2. The van der Waals surface area contributed by atoms with E-state index in [2.05, 4.69) is 5.32 Å². The first-order chi connectivity index (χ1) is 11.5. The van der Waals surface area contributed by atoms with Gasteiger partial charge in [0.25, 0.3) is 0 Å². The highest BCUT2D eigenvalue weighted by Crippen LogP contribution is 2.32. The SMILES string of the molecule is COc1cccc(CNCC(C)O)c1OCc1ccc(F)cc1Cl. The third-order valence-corrected chi connectivity index (χ3v) is 3.77. The molecular formula is C18H21ClFNO3. The minimum absolute atomic E-state index is 0.197. The van der Waals surface area contributed by atoms with E-state index in [-0.39, 0.29) is 12.4 Å². The monoisotopic (exact) mass is 353 g/mol. The molecule has 2 aromatic rings. The number of aliphatic hydroxyl groups is 1. The van der Waals surface area contributed by atoms with Crippen LogP contribution in [0.15, 0.2) is 36.4 Å². The number of benzene rings is 2. The van der Waals surface area contributed by atoms with E-state index in [0.29, 0.717) is 35.2 Å². The second-order valence-electron chi connectivity index (χ2n) is 5.45. The summed E-state index contributed by atoms with van der Waals surface area (Å²) in [7, 11) is 1.57. The van der Waals surface area contributed by atoms with E-state index in [1.165, 1.54) is 12.1 Å². The van der Waals surface area contributed by atoms with Crippen molar-refractivity contribution in [3.05, 3.63) is 58.4 Å². The van der Waals surface area contributed by atoms with E-state index in [4.69, 9.17) is 21.1 Å². The Kier molecular flexibility index (Phi) is 6.85. The van der Waals surface area contributed by atoms with E-state index in [0.717, 1.165) is 5.56 Å². The third kappa shape index (κ3) is 5.09. The molecule has 0 bridgehead atoms. The number of hydrogen-bond donors (Lipinski definition) is 2. The molecule has 6 heteroatoms. The van der Waals surface area contributed by atoms with Crippen LogP contribution in [0.4, 0.5) is 4.39 Å². The summed E-state index contributed by atoms with van der Waals surface area (Å²) >= 11 is 6.04. The fraction of sp³-hybridized carbons (Fsp3) is 0.333. The topological polar surface area (TPSA) is 50.7 Å². The molecule has 2 rings (SSSR count). The predicted octanol–water partition coefficient (Wildman–Crippen LogP) is 3.54. The van der Waals surface area contributed by atoms with Crippen molar-refractivity contribution in [2.75, 3.05) is 13.7 Å². The Bertz CT molecular complexity index is 679. The maximum absolute atomic E-state index is 13.1. The van der Waals surface area contributed by atoms with Crippen molar-refractivity contribution in [1.29, 1.82) is 0 Å². The Labute approximate surface area is 146 Å². The van der Waals surface area contributed by atoms with Gasteiger partial charge in [-0.25, -0.2) is 4.39 Å². The highest BCUT2D eigenvalue weighted by Gasteiger charge is 2.12. The van der Waals surface area contributed by atoms with Crippen molar-refractivity contribution in [2.45, 2.75) is 26.2 Å². The Balaban J connectivity index is 2.14. The zero-order valence-electron chi connectivity index (χ0n) is 13.7. The van der Waals surface area contributed by atoms with E-state index < -0.39 is 6.10 Å². The molecule has 0 fully saturated rings. The summed E-state index contributed by atoms with van der Waals surface area (Å²) in [6, 6.07) is 9.79. The second kappa shape index (κ2) is 8.87. The quantitative estimate of drug-likeness (QED) is 0.762. The first kappa shape index (κ1) is 18.5. The van der Waals surface area contributed by atoms with Crippen LogP contribution in [0, 0.1) is 5.82 Å². The first-order valence-corrected chi connectivity index (χ1v) is 8.00. The summed E-state index contributed by atoms with van der Waals surface area (Å²) in [5, 5.41) is 12.8. The van der Waals surface area contributed by atoms with Gasteiger partial charge in [0.1, 0.15) is 12.4 Å². The molecule has 0 amide bonds. The molecule has 2 aromatic carbocycles. The summed E-state index contributed by atoms with van der Waals surface area (Å²) in [4.78, 5) is 0. The van der Waals surface area contributed by atoms with Gasteiger partial charge in [0.2, 0.25) is 0 Å². The molecule has 0 heterocycles. The third-order valence-electron chi connectivity index (χ3n) is 3.42. The lowest BCUT2D eigenvalue weighted by Crippen LogP contribution is -2.24. The Morgan fingerprint density at radius 3 is 2.71 bits per heavy atom. The van der Waals surface area contributed by atoms with Crippen molar-refractivity contribution >= 4 is 11.6 Å². The molecule has 0 aliphatic heterocycles. The Hall–Kier alpha value is -1.82. The smallest absolute Gasteiger partial charge is 0.166 e. The van der Waals surface area contributed by atoms with Gasteiger partial charge >= 0.3 is 0 Å². The molecule has 130 valence electrons. The normalized spacial score (nSPS) is 12.0. The zero-order chi connectivity index (χ0) is 17.5. The highest BCUT2D eigenvalue weighted by molar-refractivity contribution is 6.31. The number of para-hydroxylation sites is 1. The predicted molar refractivity (Wildman–Crippen MR) is 92.1 cm³/mol. The highest BCUT2D eigenvalue weighted by atomic mass is 35.5. The fourth-order valence-electron chi connectivity index (χ4n) is 2.23. The average molecular weight is 354 g/mol. The largest absolute Gasteiger partial charge is 0.493 e. The summed E-state index contributed by atoms with van der Waals surface area (Å²) in [6.45, 7) is 2.91. The van der Waals surface area contributed by atoms with Crippen molar-refractivity contribution in [1.82, 2.24) is 5.32 Å². The van der Waals surface area contributed by atoms with Gasteiger partial charge in [-0.1, -0.05) is 29.8 Å². The molecule has 0 saturated carbocycles. The van der Waals surface area contributed by atoms with Crippen LogP contribution in [0.3, 0.4) is 0 Å². The molecule has 2 N–H and O–H groups in total. The van der Waals surface area contributed by atoms with Crippen LogP contribution >= 0.6 is 11.6 Å². The number of hydrogen-bond acceptors (Lipinski definition) is 4. The molecule has 1 unspecified atom stereocenters. The van der Waals surface area contributed by atoms with Gasteiger partial charge in [-0.15, -0.1) is 0 Å². The molecule has 0 aliphatic carbocycles. The fourth-order valence-corrected chi connectivity index (χ4v) is 2.45. The standard InChI is InChI=1S/C18H21ClFNO3/c1-12(22)9-21-10-13-4-3-5-17(23-2)18(13)24-11-14-6-7-15(20)8-16(14)19/h3-8,12,21-22H,9-11H2,1-2H3. The summed E-state index contributed by atoms with van der Waals surface area (Å²) in [6.07, 6.45) is -0.432. The van der Waals surface area contributed by atoms with Crippen LogP contribution in [-0.4, -0.2) is 24.9 Å². The minimum Gasteiger partial charge on any atom is -0.493 e. The van der Waals surface area contributed by atoms with Gasteiger partial charge in [-0.3, -0.25) is 0 Å².